The second-order valence-corrected chi connectivity index (χ2v) is 9.52. The molecule has 0 aliphatic carbocycles. The van der Waals surface area contributed by atoms with E-state index in [4.69, 9.17) is 19.2 Å². The SMILES string of the molecule is COc1ccc(NC(=O)N(CC(C)C)C(C)c2nc3ccccc3c(=O)n2-c2ccccc2OC)c(OC)c1. The molecule has 1 N–H and O–H groups in total. The number of aromatic nitrogens is 2. The number of methoxy groups -OCH3 is 3. The summed E-state index contributed by atoms with van der Waals surface area (Å²) in [6.45, 7) is 6.35. The number of nitrogens with one attached hydrogen (secondary N) is 1. The molecule has 0 fully saturated rings. The van der Waals surface area contributed by atoms with Crippen molar-refractivity contribution in [2.24, 2.45) is 5.92 Å². The summed E-state index contributed by atoms with van der Waals surface area (Å²) < 4.78 is 17.9. The highest BCUT2D eigenvalue weighted by Gasteiger charge is 2.29. The van der Waals surface area contributed by atoms with Gasteiger partial charge in [-0.25, -0.2) is 9.78 Å². The molecule has 0 saturated heterocycles. The van der Waals surface area contributed by atoms with Gasteiger partial charge in [-0.2, -0.15) is 0 Å². The minimum Gasteiger partial charge on any atom is -0.497 e. The van der Waals surface area contributed by atoms with Crippen LogP contribution in [0.1, 0.15) is 32.6 Å². The average Bonchev–Trinajstić information content (AvgIpc) is 2.95. The lowest BCUT2D eigenvalue weighted by molar-refractivity contribution is 0.179. The molecule has 3 aromatic carbocycles. The molecular formula is C30H34N4O5. The predicted octanol–water partition coefficient (Wildman–Crippen LogP) is 5.66. The molecule has 0 aliphatic heterocycles. The van der Waals surface area contributed by atoms with Gasteiger partial charge >= 0.3 is 6.03 Å². The van der Waals surface area contributed by atoms with E-state index in [1.165, 1.54) is 7.11 Å². The molecule has 0 radical (unpaired) electrons. The van der Waals surface area contributed by atoms with Crippen molar-refractivity contribution in [3.63, 3.8) is 0 Å². The first-order valence-corrected chi connectivity index (χ1v) is 12.7. The third kappa shape index (κ3) is 5.67. The highest BCUT2D eigenvalue weighted by Crippen LogP contribution is 2.31. The third-order valence-electron chi connectivity index (χ3n) is 6.44. The number of carbonyl (C=O) groups excluding carboxylic acids is 1. The Morgan fingerprint density at radius 2 is 1.62 bits per heavy atom. The summed E-state index contributed by atoms with van der Waals surface area (Å²) in [7, 11) is 4.66. The van der Waals surface area contributed by atoms with Crippen LogP contribution < -0.4 is 25.1 Å². The Labute approximate surface area is 227 Å². The zero-order valence-corrected chi connectivity index (χ0v) is 23.1. The standard InChI is InChI=1S/C30H34N4O5/c1-19(2)18-33(30(36)32-24-16-15-21(37-4)17-27(24)39-6)20(3)28-31-23-12-8-7-11-22(23)29(35)34(28)25-13-9-10-14-26(25)38-5/h7-17,19-20H,18H2,1-6H3,(H,32,36). The van der Waals surface area contributed by atoms with Crippen molar-refractivity contribution in [3.8, 4) is 22.9 Å². The molecule has 0 saturated carbocycles. The van der Waals surface area contributed by atoms with Crippen molar-refractivity contribution in [3.05, 3.63) is 82.9 Å². The van der Waals surface area contributed by atoms with E-state index in [1.807, 2.05) is 51.1 Å². The predicted molar refractivity (Wildman–Crippen MR) is 152 cm³/mol. The van der Waals surface area contributed by atoms with Crippen LogP contribution in [0, 0.1) is 5.92 Å². The number of ether oxygens (including phenoxy) is 3. The van der Waals surface area contributed by atoms with E-state index in [2.05, 4.69) is 5.32 Å². The molecule has 39 heavy (non-hydrogen) atoms. The summed E-state index contributed by atoms with van der Waals surface area (Å²) >= 11 is 0. The molecule has 9 nitrogen and oxygen atoms in total. The quantitative estimate of drug-likeness (QED) is 0.300. The fourth-order valence-corrected chi connectivity index (χ4v) is 4.52. The van der Waals surface area contributed by atoms with Gasteiger partial charge in [0.05, 0.1) is 49.6 Å². The summed E-state index contributed by atoms with van der Waals surface area (Å²) in [6, 6.07) is 18.7. The van der Waals surface area contributed by atoms with Crippen molar-refractivity contribution in [1.82, 2.24) is 14.5 Å². The van der Waals surface area contributed by atoms with Crippen LogP contribution in [0.4, 0.5) is 10.5 Å². The number of anilines is 1. The van der Waals surface area contributed by atoms with Gasteiger partial charge in [0.2, 0.25) is 0 Å². The molecule has 2 amide bonds. The van der Waals surface area contributed by atoms with Gasteiger partial charge in [0, 0.05) is 12.6 Å². The Kier molecular flexibility index (Phi) is 8.39. The highest BCUT2D eigenvalue weighted by molar-refractivity contribution is 5.91. The molecule has 4 aromatic rings. The van der Waals surface area contributed by atoms with Gasteiger partial charge in [0.25, 0.3) is 5.56 Å². The molecule has 1 aromatic heterocycles. The first-order chi connectivity index (χ1) is 18.8. The third-order valence-corrected chi connectivity index (χ3v) is 6.44. The summed E-state index contributed by atoms with van der Waals surface area (Å²) in [5.41, 5.74) is 1.36. The minimum atomic E-state index is -0.584. The number of benzene rings is 3. The van der Waals surface area contributed by atoms with Crippen molar-refractivity contribution >= 4 is 22.6 Å². The van der Waals surface area contributed by atoms with E-state index in [0.717, 1.165) is 0 Å². The maximum Gasteiger partial charge on any atom is 0.322 e. The molecule has 4 rings (SSSR count). The summed E-state index contributed by atoms with van der Waals surface area (Å²) in [5.74, 6) is 2.16. The van der Waals surface area contributed by atoms with E-state index in [1.54, 1.807) is 60.1 Å². The van der Waals surface area contributed by atoms with E-state index in [0.29, 0.717) is 51.9 Å². The van der Waals surface area contributed by atoms with Crippen molar-refractivity contribution in [2.75, 3.05) is 33.2 Å². The normalized spacial score (nSPS) is 11.8. The first-order valence-electron chi connectivity index (χ1n) is 12.7. The molecule has 204 valence electrons. The van der Waals surface area contributed by atoms with Crippen LogP contribution in [-0.2, 0) is 0 Å². The fraction of sp³-hybridized carbons (Fsp3) is 0.300. The number of fused-ring (bicyclic) bond motifs is 1. The summed E-state index contributed by atoms with van der Waals surface area (Å²) in [4.78, 5) is 34.3. The number of urea groups is 1. The average molecular weight is 531 g/mol. The molecule has 0 bridgehead atoms. The fourth-order valence-electron chi connectivity index (χ4n) is 4.52. The van der Waals surface area contributed by atoms with E-state index < -0.39 is 6.04 Å². The van der Waals surface area contributed by atoms with E-state index >= 15 is 0 Å². The van der Waals surface area contributed by atoms with Crippen LogP contribution in [0.15, 0.2) is 71.5 Å². The van der Waals surface area contributed by atoms with Crippen LogP contribution in [0.3, 0.4) is 0 Å². The number of hydrogen-bond donors (Lipinski definition) is 1. The molecule has 1 unspecified atom stereocenters. The van der Waals surface area contributed by atoms with Crippen LogP contribution in [0.2, 0.25) is 0 Å². The number of para-hydroxylation sites is 3. The summed E-state index contributed by atoms with van der Waals surface area (Å²) in [6.07, 6.45) is 0. The van der Waals surface area contributed by atoms with E-state index in [9.17, 15) is 9.59 Å². The van der Waals surface area contributed by atoms with Crippen molar-refractivity contribution in [2.45, 2.75) is 26.8 Å². The van der Waals surface area contributed by atoms with Crippen LogP contribution in [0.5, 0.6) is 17.2 Å². The number of amides is 2. The molecule has 1 atom stereocenters. The Balaban J connectivity index is 1.85. The first kappa shape index (κ1) is 27.5. The van der Waals surface area contributed by atoms with E-state index in [-0.39, 0.29) is 17.5 Å². The number of rotatable bonds is 9. The largest absolute Gasteiger partial charge is 0.497 e. The lowest BCUT2D eigenvalue weighted by Crippen LogP contribution is -2.41. The molecule has 0 spiro atoms. The molecule has 0 aliphatic rings. The second kappa shape index (κ2) is 11.9. The lowest BCUT2D eigenvalue weighted by atomic mass is 10.1. The number of hydrogen-bond acceptors (Lipinski definition) is 6. The maximum absolute atomic E-state index is 13.9. The zero-order chi connectivity index (χ0) is 28.1. The van der Waals surface area contributed by atoms with Crippen LogP contribution in [0.25, 0.3) is 16.6 Å². The smallest absolute Gasteiger partial charge is 0.322 e. The number of nitrogens with zero attached hydrogens (tertiary/aromatic N) is 3. The van der Waals surface area contributed by atoms with Gasteiger partial charge in [-0.15, -0.1) is 0 Å². The Bertz CT molecular complexity index is 1530. The van der Waals surface area contributed by atoms with Gasteiger partial charge in [0.1, 0.15) is 23.1 Å². The lowest BCUT2D eigenvalue weighted by Gasteiger charge is -2.32. The number of carbonyl (C=O) groups is 1. The van der Waals surface area contributed by atoms with Crippen LogP contribution >= 0.6 is 0 Å². The molecule has 1 heterocycles. The van der Waals surface area contributed by atoms with Gasteiger partial charge < -0.3 is 24.4 Å². The van der Waals surface area contributed by atoms with Gasteiger partial charge in [-0.3, -0.25) is 9.36 Å². The zero-order valence-electron chi connectivity index (χ0n) is 23.1. The highest BCUT2D eigenvalue weighted by atomic mass is 16.5. The van der Waals surface area contributed by atoms with Gasteiger partial charge in [0.15, 0.2) is 0 Å². The van der Waals surface area contributed by atoms with Gasteiger partial charge in [-0.1, -0.05) is 38.1 Å². The minimum absolute atomic E-state index is 0.142. The molecular weight excluding hydrogens is 496 g/mol. The molecule has 9 heteroatoms. The summed E-state index contributed by atoms with van der Waals surface area (Å²) in [5, 5.41) is 3.44. The second-order valence-electron chi connectivity index (χ2n) is 9.52. The van der Waals surface area contributed by atoms with Crippen molar-refractivity contribution < 1.29 is 19.0 Å². The Morgan fingerprint density at radius 3 is 2.31 bits per heavy atom. The Morgan fingerprint density at radius 1 is 0.923 bits per heavy atom. The topological polar surface area (TPSA) is 94.9 Å². The van der Waals surface area contributed by atoms with Crippen LogP contribution in [-0.4, -0.2) is 48.4 Å². The monoisotopic (exact) mass is 530 g/mol. The van der Waals surface area contributed by atoms with Gasteiger partial charge in [-0.05, 0) is 49.2 Å². The maximum atomic E-state index is 13.9. The Hall–Kier alpha value is -4.53. The van der Waals surface area contributed by atoms with Crippen molar-refractivity contribution in [1.29, 1.82) is 0 Å².